The first-order valence-corrected chi connectivity index (χ1v) is 14.5. The maximum absolute atomic E-state index is 13.9. The zero-order chi connectivity index (χ0) is 36.7. The Morgan fingerprint density at radius 2 is 1.10 bits per heavy atom. The first-order chi connectivity index (χ1) is 22.2. The van der Waals surface area contributed by atoms with Crippen molar-refractivity contribution in [2.75, 3.05) is 0 Å². The standard InChI is InChI=1S/C19H25F3N2O4.C14H15F3O3/c1-5-6-12-18(19(20,21)22,27-13-14-10-8-7-9-11-14)15(25)23-24-16(26)28-17(2,3)4;1-2-3-9-13(12(18)19,14(15,16)17)20-10-11-7-5-4-6-8-11/h5,7-11H,1,6,12-13H2,2-4H3,(H,23,25)(H,24,26);2,4-8H,1,3,9-10H2,(H,18,19). The highest BCUT2D eigenvalue weighted by Gasteiger charge is 2.62. The lowest BCUT2D eigenvalue weighted by Crippen LogP contribution is -2.62. The molecule has 0 heterocycles. The molecule has 2 amide bonds. The van der Waals surface area contributed by atoms with Crippen molar-refractivity contribution in [3.8, 4) is 0 Å². The van der Waals surface area contributed by atoms with Gasteiger partial charge in [0, 0.05) is 0 Å². The zero-order valence-corrected chi connectivity index (χ0v) is 26.7. The second kappa shape index (κ2) is 18.2. The number of aliphatic carboxylic acids is 1. The molecule has 2 unspecified atom stereocenters. The van der Waals surface area contributed by atoms with E-state index in [2.05, 4.69) is 13.2 Å². The van der Waals surface area contributed by atoms with Gasteiger partial charge in [-0.1, -0.05) is 72.8 Å². The van der Waals surface area contributed by atoms with Crippen LogP contribution in [0.2, 0.25) is 0 Å². The zero-order valence-electron chi connectivity index (χ0n) is 26.7. The summed E-state index contributed by atoms with van der Waals surface area (Å²) >= 11 is 0. The van der Waals surface area contributed by atoms with Gasteiger partial charge in [-0.2, -0.15) is 26.3 Å². The number of hydrogen-bond acceptors (Lipinski definition) is 6. The number of amides is 2. The van der Waals surface area contributed by atoms with Crippen molar-refractivity contribution >= 4 is 18.0 Å². The molecule has 2 rings (SSSR count). The van der Waals surface area contributed by atoms with Gasteiger partial charge in [0.1, 0.15) is 5.60 Å². The summed E-state index contributed by atoms with van der Waals surface area (Å²) in [5.74, 6) is -3.59. The summed E-state index contributed by atoms with van der Waals surface area (Å²) in [6.07, 6.45) is -10.3. The van der Waals surface area contributed by atoms with Crippen molar-refractivity contribution in [3.05, 3.63) is 97.1 Å². The molecule has 48 heavy (non-hydrogen) atoms. The maximum Gasteiger partial charge on any atom is 0.428 e. The normalized spacial score (nSPS) is 14.2. The van der Waals surface area contributed by atoms with E-state index in [1.54, 1.807) is 86.9 Å². The summed E-state index contributed by atoms with van der Waals surface area (Å²) in [4.78, 5) is 35.2. The van der Waals surface area contributed by atoms with E-state index in [-0.39, 0.29) is 12.8 Å². The van der Waals surface area contributed by atoms with Crippen molar-refractivity contribution in [2.24, 2.45) is 0 Å². The number of carboxylic acid groups (broad SMARTS) is 1. The molecule has 2 aromatic rings. The molecule has 266 valence electrons. The third-order valence-corrected chi connectivity index (χ3v) is 6.36. The molecule has 0 aliphatic carbocycles. The molecular weight excluding hydrogens is 650 g/mol. The van der Waals surface area contributed by atoms with E-state index in [1.165, 1.54) is 12.2 Å². The van der Waals surface area contributed by atoms with E-state index in [0.717, 1.165) is 0 Å². The first-order valence-electron chi connectivity index (χ1n) is 14.5. The van der Waals surface area contributed by atoms with E-state index in [0.29, 0.717) is 11.1 Å². The van der Waals surface area contributed by atoms with Gasteiger partial charge in [-0.3, -0.25) is 10.2 Å². The monoisotopic (exact) mass is 690 g/mol. The maximum atomic E-state index is 13.9. The fourth-order valence-corrected chi connectivity index (χ4v) is 3.87. The highest BCUT2D eigenvalue weighted by atomic mass is 19.4. The van der Waals surface area contributed by atoms with Gasteiger partial charge in [0.05, 0.1) is 13.2 Å². The SMILES string of the molecule is C=CCCC(OCc1ccccc1)(C(=O)NNC(=O)OC(C)(C)C)C(F)(F)F.C=CCCC(OCc1ccccc1)(C(=O)O)C(F)(F)F. The first kappa shape index (κ1) is 41.7. The fraction of sp³-hybridized carbons (Fsp3) is 0.424. The molecular formula is C33H40F6N2O7. The molecule has 0 spiro atoms. The number of hydrazine groups is 1. The van der Waals surface area contributed by atoms with Crippen LogP contribution in [-0.2, 0) is 37.0 Å². The van der Waals surface area contributed by atoms with E-state index < -0.39 is 73.2 Å². The Balaban J connectivity index is 0.000000507. The summed E-state index contributed by atoms with van der Waals surface area (Å²) in [6.45, 7) is 10.5. The largest absolute Gasteiger partial charge is 0.479 e. The van der Waals surface area contributed by atoms with Crippen LogP contribution in [0.25, 0.3) is 0 Å². The molecule has 0 radical (unpaired) electrons. The number of carbonyl (C=O) groups excluding carboxylic acids is 2. The molecule has 3 N–H and O–H groups in total. The molecule has 0 fully saturated rings. The van der Waals surface area contributed by atoms with Gasteiger partial charge in [0.15, 0.2) is 0 Å². The Labute approximate surface area is 274 Å². The van der Waals surface area contributed by atoms with Crippen LogP contribution in [0.5, 0.6) is 0 Å². The van der Waals surface area contributed by atoms with Crippen LogP contribution in [0.3, 0.4) is 0 Å². The van der Waals surface area contributed by atoms with Crippen molar-refractivity contribution in [3.63, 3.8) is 0 Å². The van der Waals surface area contributed by atoms with Crippen molar-refractivity contribution in [1.82, 2.24) is 10.9 Å². The molecule has 9 nitrogen and oxygen atoms in total. The Morgan fingerprint density at radius 3 is 1.46 bits per heavy atom. The van der Waals surface area contributed by atoms with Gasteiger partial charge in [-0.15, -0.1) is 13.2 Å². The van der Waals surface area contributed by atoms with Crippen LogP contribution in [-0.4, -0.2) is 52.2 Å². The average Bonchev–Trinajstić information content (AvgIpc) is 2.99. The number of nitrogens with one attached hydrogen (secondary N) is 2. The third kappa shape index (κ3) is 12.7. The lowest BCUT2D eigenvalue weighted by Gasteiger charge is -2.34. The summed E-state index contributed by atoms with van der Waals surface area (Å²) in [6, 6.07) is 16.2. The van der Waals surface area contributed by atoms with Gasteiger partial charge in [-0.05, 0) is 57.6 Å². The number of halogens is 6. The van der Waals surface area contributed by atoms with E-state index in [1.807, 2.05) is 5.43 Å². The van der Waals surface area contributed by atoms with E-state index >= 15 is 0 Å². The Hall–Kier alpha value is -4.37. The number of hydrogen-bond donors (Lipinski definition) is 3. The van der Waals surface area contributed by atoms with Crippen LogP contribution in [0.15, 0.2) is 86.0 Å². The van der Waals surface area contributed by atoms with Gasteiger partial charge in [-0.25, -0.2) is 15.0 Å². The van der Waals surface area contributed by atoms with Crippen LogP contribution in [0, 0.1) is 0 Å². The molecule has 0 saturated heterocycles. The van der Waals surface area contributed by atoms with Crippen molar-refractivity contribution in [2.45, 2.75) is 88.8 Å². The second-order valence-electron chi connectivity index (χ2n) is 11.2. The number of benzene rings is 2. The minimum atomic E-state index is -5.04. The molecule has 0 aliphatic rings. The van der Waals surface area contributed by atoms with Crippen LogP contribution in [0.1, 0.15) is 57.6 Å². The number of alkyl halides is 6. The number of carbonyl (C=O) groups is 3. The molecule has 0 bridgehead atoms. The number of ether oxygens (including phenoxy) is 3. The summed E-state index contributed by atoms with van der Waals surface area (Å²) < 4.78 is 95.8. The van der Waals surface area contributed by atoms with Crippen LogP contribution >= 0.6 is 0 Å². The van der Waals surface area contributed by atoms with Crippen molar-refractivity contribution < 1.29 is 60.0 Å². The molecule has 0 aliphatic heterocycles. The van der Waals surface area contributed by atoms with Crippen LogP contribution in [0.4, 0.5) is 31.1 Å². The Kier molecular flexibility index (Phi) is 15.8. The third-order valence-electron chi connectivity index (χ3n) is 6.36. The molecule has 15 heteroatoms. The molecule has 0 saturated carbocycles. The lowest BCUT2D eigenvalue weighted by atomic mass is 9.95. The van der Waals surface area contributed by atoms with Gasteiger partial charge >= 0.3 is 24.4 Å². The highest BCUT2D eigenvalue weighted by Crippen LogP contribution is 2.40. The quantitative estimate of drug-likeness (QED) is 0.106. The summed E-state index contributed by atoms with van der Waals surface area (Å²) in [5, 5.41) is 8.98. The van der Waals surface area contributed by atoms with E-state index in [9.17, 15) is 40.7 Å². The highest BCUT2D eigenvalue weighted by molar-refractivity contribution is 5.87. The van der Waals surface area contributed by atoms with E-state index in [4.69, 9.17) is 19.3 Å². The van der Waals surface area contributed by atoms with Crippen LogP contribution < -0.4 is 10.9 Å². The smallest absolute Gasteiger partial charge is 0.428 e. The fourth-order valence-electron chi connectivity index (χ4n) is 3.87. The number of carboxylic acids is 1. The Morgan fingerprint density at radius 1 is 0.708 bits per heavy atom. The number of allylic oxidation sites excluding steroid dienone is 2. The van der Waals surface area contributed by atoms with Crippen molar-refractivity contribution in [1.29, 1.82) is 0 Å². The molecule has 0 aromatic heterocycles. The molecule has 2 atom stereocenters. The second-order valence-corrected chi connectivity index (χ2v) is 11.2. The predicted molar refractivity (Wildman–Crippen MR) is 164 cm³/mol. The minimum Gasteiger partial charge on any atom is -0.479 e. The summed E-state index contributed by atoms with van der Waals surface area (Å²) in [7, 11) is 0. The molecule has 2 aromatic carbocycles. The number of rotatable bonds is 14. The minimum absolute atomic E-state index is 0.111. The Bertz CT molecular complexity index is 1330. The average molecular weight is 691 g/mol. The van der Waals surface area contributed by atoms with Gasteiger partial charge < -0.3 is 19.3 Å². The van der Waals surface area contributed by atoms with Gasteiger partial charge in [0.2, 0.25) is 5.60 Å². The summed E-state index contributed by atoms with van der Waals surface area (Å²) in [5.41, 5.74) is -2.76. The lowest BCUT2D eigenvalue weighted by molar-refractivity contribution is -0.280. The van der Waals surface area contributed by atoms with Gasteiger partial charge in [0.25, 0.3) is 11.5 Å². The predicted octanol–water partition coefficient (Wildman–Crippen LogP) is 7.58. The topological polar surface area (TPSA) is 123 Å².